The molecule has 0 saturated carbocycles. The number of rotatable bonds is 5. The molecule has 0 aromatic rings. The van der Waals surface area contributed by atoms with Gasteiger partial charge in [-0.25, -0.2) is 5.01 Å². The lowest BCUT2D eigenvalue weighted by molar-refractivity contribution is -0.130. The van der Waals surface area contributed by atoms with Gasteiger partial charge in [0.15, 0.2) is 0 Å². The van der Waals surface area contributed by atoms with Gasteiger partial charge in [0.05, 0.1) is 6.61 Å². The van der Waals surface area contributed by atoms with Crippen molar-refractivity contribution >= 4 is 5.91 Å². The van der Waals surface area contributed by atoms with E-state index >= 15 is 0 Å². The molecule has 1 aliphatic heterocycles. The van der Waals surface area contributed by atoms with Crippen LogP contribution in [0.15, 0.2) is 0 Å². The zero-order valence-corrected chi connectivity index (χ0v) is 10.5. The molecule has 0 aromatic carbocycles. The average molecular weight is 229 g/mol. The minimum Gasteiger partial charge on any atom is -0.371 e. The first-order valence-corrected chi connectivity index (χ1v) is 5.81. The predicted molar refractivity (Wildman–Crippen MR) is 62.9 cm³/mol. The summed E-state index contributed by atoms with van der Waals surface area (Å²) in [7, 11) is 5.70. The molecular weight excluding hydrogens is 206 g/mol. The molecule has 94 valence electrons. The fourth-order valence-electron chi connectivity index (χ4n) is 2.01. The number of nitrogens with zero attached hydrogens (tertiary/aromatic N) is 2. The van der Waals surface area contributed by atoms with E-state index in [-0.39, 0.29) is 12.5 Å². The Balaban J connectivity index is 2.08. The van der Waals surface area contributed by atoms with Gasteiger partial charge in [-0.3, -0.25) is 10.2 Å². The van der Waals surface area contributed by atoms with Gasteiger partial charge in [-0.15, -0.1) is 0 Å². The van der Waals surface area contributed by atoms with Crippen LogP contribution in [0.4, 0.5) is 0 Å². The molecule has 1 heterocycles. The van der Waals surface area contributed by atoms with E-state index in [1.54, 1.807) is 19.1 Å². The van der Waals surface area contributed by atoms with Gasteiger partial charge in [0.1, 0.15) is 6.61 Å². The molecule has 16 heavy (non-hydrogen) atoms. The first-order chi connectivity index (χ1) is 7.58. The predicted octanol–water partition coefficient (Wildman–Crippen LogP) is -0.0624. The van der Waals surface area contributed by atoms with Crippen molar-refractivity contribution in [2.45, 2.75) is 12.8 Å². The van der Waals surface area contributed by atoms with E-state index in [4.69, 9.17) is 4.74 Å². The smallest absolute Gasteiger partial charge is 0.260 e. The Morgan fingerprint density at radius 2 is 2.31 bits per heavy atom. The summed E-state index contributed by atoms with van der Waals surface area (Å²) in [5.74, 6) is 0.486. The van der Waals surface area contributed by atoms with E-state index in [9.17, 15) is 4.79 Å². The third-order valence-corrected chi connectivity index (χ3v) is 2.66. The molecule has 0 spiro atoms. The SMILES string of the molecule is CN1CCCC(COCC(=O)NN(C)C)C1. The molecule has 0 radical (unpaired) electrons. The topological polar surface area (TPSA) is 44.8 Å². The number of hydrazine groups is 1. The molecule has 1 amide bonds. The Hall–Kier alpha value is -0.650. The minimum atomic E-state index is -0.0887. The highest BCUT2D eigenvalue weighted by molar-refractivity contribution is 5.76. The van der Waals surface area contributed by atoms with Crippen LogP contribution in [0.3, 0.4) is 0 Å². The van der Waals surface area contributed by atoms with Crippen LogP contribution >= 0.6 is 0 Å². The minimum absolute atomic E-state index is 0.0887. The second-order valence-corrected chi connectivity index (χ2v) is 4.72. The monoisotopic (exact) mass is 229 g/mol. The first kappa shape index (κ1) is 13.4. The molecule has 0 aliphatic carbocycles. The third kappa shape index (κ3) is 5.44. The summed E-state index contributed by atoms with van der Waals surface area (Å²) in [5.41, 5.74) is 2.65. The number of hydrogen-bond donors (Lipinski definition) is 1. The lowest BCUT2D eigenvalue weighted by Crippen LogP contribution is -2.39. The van der Waals surface area contributed by atoms with Gasteiger partial charge in [-0.1, -0.05) is 0 Å². The molecule has 1 fully saturated rings. The van der Waals surface area contributed by atoms with E-state index in [1.165, 1.54) is 19.4 Å². The number of amides is 1. The van der Waals surface area contributed by atoms with Crippen molar-refractivity contribution in [1.29, 1.82) is 0 Å². The van der Waals surface area contributed by atoms with Crippen molar-refractivity contribution in [3.05, 3.63) is 0 Å². The summed E-state index contributed by atoms with van der Waals surface area (Å²) in [4.78, 5) is 13.6. The van der Waals surface area contributed by atoms with E-state index in [1.807, 2.05) is 0 Å². The summed E-state index contributed by atoms with van der Waals surface area (Å²) in [5, 5.41) is 1.63. The van der Waals surface area contributed by atoms with E-state index in [0.29, 0.717) is 12.5 Å². The highest BCUT2D eigenvalue weighted by atomic mass is 16.5. The zero-order chi connectivity index (χ0) is 12.0. The summed E-state index contributed by atoms with van der Waals surface area (Å²) in [6, 6.07) is 0. The highest BCUT2D eigenvalue weighted by Gasteiger charge is 2.17. The zero-order valence-electron chi connectivity index (χ0n) is 10.5. The summed E-state index contributed by atoms with van der Waals surface area (Å²) in [6.07, 6.45) is 2.44. The number of piperidine rings is 1. The lowest BCUT2D eigenvalue weighted by Gasteiger charge is -2.29. The molecule has 1 rings (SSSR count). The van der Waals surface area contributed by atoms with Crippen LogP contribution in [0.25, 0.3) is 0 Å². The Kier molecular flexibility index (Phi) is 5.73. The normalized spacial score (nSPS) is 22.4. The fourth-order valence-corrected chi connectivity index (χ4v) is 2.01. The molecule has 1 atom stereocenters. The van der Waals surface area contributed by atoms with Crippen molar-refractivity contribution < 1.29 is 9.53 Å². The van der Waals surface area contributed by atoms with Crippen LogP contribution < -0.4 is 5.43 Å². The molecule has 5 nitrogen and oxygen atoms in total. The van der Waals surface area contributed by atoms with Gasteiger partial charge < -0.3 is 9.64 Å². The van der Waals surface area contributed by atoms with Crippen molar-refractivity contribution in [3.63, 3.8) is 0 Å². The molecule has 1 N–H and O–H groups in total. The van der Waals surface area contributed by atoms with Gasteiger partial charge in [0.25, 0.3) is 5.91 Å². The number of likely N-dealkylation sites (tertiary alicyclic amines) is 1. The Labute approximate surface area is 97.7 Å². The summed E-state index contributed by atoms with van der Waals surface area (Å²) >= 11 is 0. The number of carbonyl (C=O) groups is 1. The summed E-state index contributed by atoms with van der Waals surface area (Å²) in [6.45, 7) is 3.09. The second-order valence-electron chi connectivity index (χ2n) is 4.72. The molecular formula is C11H23N3O2. The number of ether oxygens (including phenoxy) is 1. The van der Waals surface area contributed by atoms with E-state index in [0.717, 1.165) is 6.54 Å². The van der Waals surface area contributed by atoms with Gasteiger partial charge in [0, 0.05) is 20.6 Å². The fraction of sp³-hybridized carbons (Fsp3) is 0.909. The Bertz CT molecular complexity index is 221. The van der Waals surface area contributed by atoms with Gasteiger partial charge in [-0.2, -0.15) is 0 Å². The van der Waals surface area contributed by atoms with Gasteiger partial charge >= 0.3 is 0 Å². The number of nitrogens with one attached hydrogen (secondary N) is 1. The van der Waals surface area contributed by atoms with Gasteiger partial charge in [0.2, 0.25) is 0 Å². The van der Waals surface area contributed by atoms with Crippen LogP contribution in [-0.4, -0.2) is 63.3 Å². The van der Waals surface area contributed by atoms with Crippen LogP contribution in [0.1, 0.15) is 12.8 Å². The standard InChI is InChI=1S/C11H23N3O2/c1-13(2)12-11(15)9-16-8-10-5-4-6-14(3)7-10/h10H,4-9H2,1-3H3,(H,12,15). The Morgan fingerprint density at radius 1 is 1.56 bits per heavy atom. The largest absolute Gasteiger partial charge is 0.371 e. The van der Waals surface area contributed by atoms with Crippen molar-refractivity contribution in [1.82, 2.24) is 15.3 Å². The van der Waals surface area contributed by atoms with Crippen LogP contribution in [-0.2, 0) is 9.53 Å². The number of hydrogen-bond acceptors (Lipinski definition) is 4. The van der Waals surface area contributed by atoms with Crippen molar-refractivity contribution in [3.8, 4) is 0 Å². The molecule has 5 heteroatoms. The first-order valence-electron chi connectivity index (χ1n) is 5.81. The Morgan fingerprint density at radius 3 is 2.94 bits per heavy atom. The van der Waals surface area contributed by atoms with Crippen molar-refractivity contribution in [2.75, 3.05) is 47.4 Å². The molecule has 1 unspecified atom stereocenters. The molecule has 0 aromatic heterocycles. The van der Waals surface area contributed by atoms with E-state index < -0.39 is 0 Å². The highest BCUT2D eigenvalue weighted by Crippen LogP contribution is 2.14. The van der Waals surface area contributed by atoms with Gasteiger partial charge in [-0.05, 0) is 32.4 Å². The number of carbonyl (C=O) groups excluding carboxylic acids is 1. The maximum absolute atomic E-state index is 11.3. The lowest BCUT2D eigenvalue weighted by atomic mass is 10.00. The average Bonchev–Trinajstić information content (AvgIpc) is 2.16. The van der Waals surface area contributed by atoms with Crippen LogP contribution in [0, 0.1) is 5.92 Å². The third-order valence-electron chi connectivity index (χ3n) is 2.66. The van der Waals surface area contributed by atoms with E-state index in [2.05, 4.69) is 17.4 Å². The summed E-state index contributed by atoms with van der Waals surface area (Å²) < 4.78 is 5.42. The molecule has 1 saturated heterocycles. The molecule has 1 aliphatic rings. The maximum Gasteiger partial charge on any atom is 0.260 e. The maximum atomic E-state index is 11.3. The molecule has 0 bridgehead atoms. The quantitative estimate of drug-likeness (QED) is 0.671. The van der Waals surface area contributed by atoms with Crippen molar-refractivity contribution in [2.24, 2.45) is 5.92 Å². The second kappa shape index (κ2) is 6.83. The van der Waals surface area contributed by atoms with Crippen LogP contribution in [0.2, 0.25) is 0 Å². The van der Waals surface area contributed by atoms with Crippen LogP contribution in [0.5, 0.6) is 0 Å².